The van der Waals surface area contributed by atoms with Crippen LogP contribution in [0.2, 0.25) is 0 Å². The number of piperidine rings is 1. The van der Waals surface area contributed by atoms with Gasteiger partial charge in [-0.1, -0.05) is 25.1 Å². The van der Waals surface area contributed by atoms with Crippen molar-refractivity contribution in [3.05, 3.63) is 66.1 Å². The molecular formula is C29H31F4N9O. The Morgan fingerprint density at radius 2 is 1.81 bits per heavy atom. The van der Waals surface area contributed by atoms with Gasteiger partial charge in [0.2, 0.25) is 5.95 Å². The number of rotatable bonds is 9. The van der Waals surface area contributed by atoms with Gasteiger partial charge in [-0.3, -0.25) is 14.7 Å². The number of aromatic nitrogens is 5. The highest BCUT2D eigenvalue weighted by atomic mass is 19.4. The highest BCUT2D eigenvalue weighted by molar-refractivity contribution is 6.06. The average Bonchev–Trinajstić information content (AvgIpc) is 3.00. The SMILES string of the molecule is CNC(=O)c1c(F)cnc2c([C@H](C)CNc3cc(-c4cnc(NC5CCN(CC(F)(F)F)CC5)nc4)ncn3)cccc12. The molecule has 0 radical (unpaired) electrons. The van der Waals surface area contributed by atoms with Crippen LogP contribution in [0.25, 0.3) is 22.2 Å². The van der Waals surface area contributed by atoms with E-state index in [0.717, 1.165) is 11.8 Å². The lowest BCUT2D eigenvalue weighted by Gasteiger charge is -2.32. The predicted octanol–water partition coefficient (Wildman–Crippen LogP) is 4.63. The molecule has 0 aliphatic carbocycles. The minimum absolute atomic E-state index is 0.00137. The molecule has 1 atom stereocenters. The fourth-order valence-corrected chi connectivity index (χ4v) is 5.16. The molecule has 1 aliphatic heterocycles. The van der Waals surface area contributed by atoms with Crippen molar-refractivity contribution in [2.45, 2.75) is 37.9 Å². The van der Waals surface area contributed by atoms with Crippen molar-refractivity contribution >= 4 is 28.6 Å². The van der Waals surface area contributed by atoms with Gasteiger partial charge < -0.3 is 16.0 Å². The van der Waals surface area contributed by atoms with E-state index in [0.29, 0.717) is 66.4 Å². The largest absolute Gasteiger partial charge is 0.401 e. The van der Waals surface area contributed by atoms with Gasteiger partial charge >= 0.3 is 6.18 Å². The number of para-hydroxylation sites is 1. The van der Waals surface area contributed by atoms with E-state index in [2.05, 4.69) is 40.9 Å². The van der Waals surface area contributed by atoms with Gasteiger partial charge in [0.1, 0.15) is 12.1 Å². The van der Waals surface area contributed by atoms with Crippen LogP contribution in [0.15, 0.2) is 49.2 Å². The summed E-state index contributed by atoms with van der Waals surface area (Å²) in [6, 6.07) is 7.13. The minimum Gasteiger partial charge on any atom is -0.369 e. The molecule has 4 aromatic rings. The van der Waals surface area contributed by atoms with Gasteiger partial charge in [-0.2, -0.15) is 13.2 Å². The first-order valence-corrected chi connectivity index (χ1v) is 13.8. The van der Waals surface area contributed by atoms with E-state index in [-0.39, 0.29) is 17.5 Å². The zero-order chi connectivity index (χ0) is 30.6. The molecule has 0 unspecified atom stereocenters. The van der Waals surface area contributed by atoms with E-state index in [1.165, 1.54) is 18.3 Å². The van der Waals surface area contributed by atoms with Crippen molar-refractivity contribution in [2.75, 3.05) is 43.9 Å². The van der Waals surface area contributed by atoms with E-state index >= 15 is 0 Å². The number of anilines is 2. The molecule has 0 spiro atoms. The summed E-state index contributed by atoms with van der Waals surface area (Å²) in [6.45, 7) is 2.30. The van der Waals surface area contributed by atoms with E-state index in [1.807, 2.05) is 13.0 Å². The first-order valence-electron chi connectivity index (χ1n) is 13.8. The molecule has 43 heavy (non-hydrogen) atoms. The van der Waals surface area contributed by atoms with Crippen molar-refractivity contribution in [1.29, 1.82) is 0 Å². The molecule has 3 aromatic heterocycles. The van der Waals surface area contributed by atoms with Crippen molar-refractivity contribution < 1.29 is 22.4 Å². The van der Waals surface area contributed by atoms with Crippen LogP contribution >= 0.6 is 0 Å². The third kappa shape index (κ3) is 7.31. The maximum Gasteiger partial charge on any atom is 0.401 e. The van der Waals surface area contributed by atoms with Gasteiger partial charge in [-0.15, -0.1) is 0 Å². The second kappa shape index (κ2) is 12.8. The number of alkyl halides is 3. The molecule has 1 aliphatic rings. The molecule has 1 fully saturated rings. The lowest BCUT2D eigenvalue weighted by molar-refractivity contribution is -0.147. The van der Waals surface area contributed by atoms with Crippen LogP contribution in [0.1, 0.15) is 41.6 Å². The Morgan fingerprint density at radius 3 is 2.51 bits per heavy atom. The Morgan fingerprint density at radius 1 is 1.07 bits per heavy atom. The summed E-state index contributed by atoms with van der Waals surface area (Å²) in [6.07, 6.45) is 2.71. The van der Waals surface area contributed by atoms with Gasteiger partial charge in [0.15, 0.2) is 5.82 Å². The Kier molecular flexibility index (Phi) is 8.94. The van der Waals surface area contributed by atoms with Gasteiger partial charge in [0.05, 0.1) is 29.5 Å². The number of halogens is 4. The zero-order valence-electron chi connectivity index (χ0n) is 23.6. The van der Waals surface area contributed by atoms with Crippen molar-refractivity contribution in [1.82, 2.24) is 35.1 Å². The second-order valence-electron chi connectivity index (χ2n) is 10.5. The van der Waals surface area contributed by atoms with E-state index in [4.69, 9.17) is 0 Å². The standard InChI is InChI=1S/C29H31F4N9O/c1-17(20-4-3-5-21-25(27(43)34-2)22(30)14-36-26(20)21)11-35-24-10-23(39-16-40-24)18-12-37-28(38-13-18)41-19-6-8-42(9-7-19)15-29(31,32)33/h3-5,10,12-14,16-17,19H,6-9,11,15H2,1-2H3,(H,34,43)(H,35,39,40)(H,37,38,41)/t17-/m1/s1. The van der Waals surface area contributed by atoms with E-state index < -0.39 is 24.4 Å². The van der Waals surface area contributed by atoms with E-state index in [9.17, 15) is 22.4 Å². The molecule has 1 saturated heterocycles. The summed E-state index contributed by atoms with van der Waals surface area (Å²) in [5.41, 5.74) is 2.65. The lowest BCUT2D eigenvalue weighted by Crippen LogP contribution is -2.43. The molecule has 0 saturated carbocycles. The molecule has 5 rings (SSSR count). The van der Waals surface area contributed by atoms with Crippen LogP contribution in [0, 0.1) is 5.82 Å². The van der Waals surface area contributed by atoms with Gasteiger partial charge in [-0.05, 0) is 18.4 Å². The van der Waals surface area contributed by atoms with Gasteiger partial charge in [0, 0.05) is 68.1 Å². The number of benzene rings is 1. The number of amides is 1. The Labute approximate surface area is 245 Å². The number of pyridine rings is 1. The van der Waals surface area contributed by atoms with Crippen LogP contribution in [-0.2, 0) is 0 Å². The lowest BCUT2D eigenvalue weighted by atomic mass is 9.96. The molecule has 226 valence electrons. The van der Waals surface area contributed by atoms with Gasteiger partial charge in [0.25, 0.3) is 5.91 Å². The molecule has 3 N–H and O–H groups in total. The number of hydrogen-bond acceptors (Lipinski definition) is 9. The highest BCUT2D eigenvalue weighted by Gasteiger charge is 2.32. The predicted molar refractivity (Wildman–Crippen MR) is 154 cm³/mol. The van der Waals surface area contributed by atoms with Gasteiger partial charge in [-0.25, -0.2) is 24.3 Å². The number of hydrogen-bond donors (Lipinski definition) is 3. The molecule has 1 amide bonds. The second-order valence-corrected chi connectivity index (χ2v) is 10.5. The average molecular weight is 598 g/mol. The number of fused-ring (bicyclic) bond motifs is 1. The molecule has 10 nitrogen and oxygen atoms in total. The monoisotopic (exact) mass is 597 g/mol. The minimum atomic E-state index is -4.19. The maximum atomic E-state index is 14.4. The molecule has 4 heterocycles. The van der Waals surface area contributed by atoms with Crippen molar-refractivity contribution in [2.24, 2.45) is 0 Å². The third-order valence-corrected chi connectivity index (χ3v) is 7.40. The van der Waals surface area contributed by atoms with Crippen LogP contribution in [-0.4, -0.2) is 81.2 Å². The topological polar surface area (TPSA) is 121 Å². The quantitative estimate of drug-likeness (QED) is 0.237. The Hall–Kier alpha value is -4.46. The molecule has 14 heteroatoms. The summed E-state index contributed by atoms with van der Waals surface area (Å²) >= 11 is 0. The number of nitrogens with zero attached hydrogens (tertiary/aromatic N) is 6. The fourth-order valence-electron chi connectivity index (χ4n) is 5.16. The summed E-state index contributed by atoms with van der Waals surface area (Å²) in [5, 5.41) is 9.43. The van der Waals surface area contributed by atoms with E-state index in [1.54, 1.807) is 30.6 Å². The highest BCUT2D eigenvalue weighted by Crippen LogP contribution is 2.28. The zero-order valence-corrected chi connectivity index (χ0v) is 23.6. The number of carbonyl (C=O) groups is 1. The number of nitrogens with one attached hydrogen (secondary N) is 3. The first-order chi connectivity index (χ1) is 20.6. The number of likely N-dealkylation sites (tertiary alicyclic amines) is 1. The third-order valence-electron chi connectivity index (χ3n) is 7.40. The van der Waals surface area contributed by atoms with Crippen LogP contribution in [0.3, 0.4) is 0 Å². The van der Waals surface area contributed by atoms with Crippen molar-refractivity contribution in [3.8, 4) is 11.3 Å². The maximum absolute atomic E-state index is 14.4. The Balaban J connectivity index is 1.21. The number of carbonyl (C=O) groups excluding carboxylic acids is 1. The fraction of sp³-hybridized carbons (Fsp3) is 0.379. The smallest absolute Gasteiger partial charge is 0.369 e. The summed E-state index contributed by atoms with van der Waals surface area (Å²) in [4.78, 5) is 35.4. The first kappa shape index (κ1) is 30.0. The molecule has 0 bridgehead atoms. The normalized spacial score (nSPS) is 15.3. The van der Waals surface area contributed by atoms with Crippen LogP contribution < -0.4 is 16.0 Å². The Bertz CT molecular complexity index is 1580. The molecular weight excluding hydrogens is 566 g/mol. The summed E-state index contributed by atoms with van der Waals surface area (Å²) in [7, 11) is 1.45. The van der Waals surface area contributed by atoms with Crippen LogP contribution in [0.4, 0.5) is 29.3 Å². The van der Waals surface area contributed by atoms with Crippen LogP contribution in [0.5, 0.6) is 0 Å². The summed E-state index contributed by atoms with van der Waals surface area (Å²) < 4.78 is 52.3. The summed E-state index contributed by atoms with van der Waals surface area (Å²) in [5.74, 6) is -0.274. The molecule has 1 aromatic carbocycles. The van der Waals surface area contributed by atoms with Crippen molar-refractivity contribution in [3.63, 3.8) is 0 Å².